The van der Waals surface area contributed by atoms with Gasteiger partial charge in [-0.3, -0.25) is 4.79 Å². The van der Waals surface area contributed by atoms with Crippen molar-refractivity contribution in [3.05, 3.63) is 29.3 Å². The third-order valence-corrected chi connectivity index (χ3v) is 3.00. The van der Waals surface area contributed by atoms with E-state index in [-0.39, 0.29) is 11.7 Å². The van der Waals surface area contributed by atoms with Crippen LogP contribution in [0.5, 0.6) is 5.75 Å². The summed E-state index contributed by atoms with van der Waals surface area (Å²) < 4.78 is 0. The number of nitrogens with two attached hydrogens (primary N) is 1. The van der Waals surface area contributed by atoms with Crippen LogP contribution in [0.4, 0.5) is 0 Å². The molecule has 0 saturated heterocycles. The van der Waals surface area contributed by atoms with E-state index in [4.69, 9.17) is 5.73 Å². The monoisotopic (exact) mass is 234 g/mol. The van der Waals surface area contributed by atoms with E-state index in [0.29, 0.717) is 24.7 Å². The molecule has 0 heterocycles. The smallest absolute Gasteiger partial charge is 0.257 e. The van der Waals surface area contributed by atoms with Gasteiger partial charge in [0.15, 0.2) is 0 Å². The first-order valence-electron chi connectivity index (χ1n) is 5.94. The summed E-state index contributed by atoms with van der Waals surface area (Å²) in [7, 11) is 0. The second-order valence-corrected chi connectivity index (χ2v) is 4.54. The van der Waals surface area contributed by atoms with Crippen LogP contribution < -0.4 is 5.73 Å². The van der Waals surface area contributed by atoms with Crippen LogP contribution in [-0.2, 0) is 0 Å². The molecule has 3 N–H and O–H groups in total. The molecule has 0 atom stereocenters. The molecule has 1 amide bonds. The summed E-state index contributed by atoms with van der Waals surface area (Å²) in [6, 6.07) is 5.39. The van der Waals surface area contributed by atoms with Crippen LogP contribution in [0.15, 0.2) is 18.2 Å². The molecule has 17 heavy (non-hydrogen) atoms. The Hall–Kier alpha value is -1.55. The summed E-state index contributed by atoms with van der Waals surface area (Å²) in [6.45, 7) is 2.91. The minimum absolute atomic E-state index is 0.0447. The van der Waals surface area contributed by atoms with Gasteiger partial charge in [0.1, 0.15) is 5.75 Å². The average Bonchev–Trinajstić information content (AvgIpc) is 3.12. The predicted molar refractivity (Wildman–Crippen MR) is 66.0 cm³/mol. The van der Waals surface area contributed by atoms with E-state index < -0.39 is 0 Å². The fraction of sp³-hybridized carbons (Fsp3) is 0.462. The lowest BCUT2D eigenvalue weighted by Crippen LogP contribution is -2.37. The fourth-order valence-corrected chi connectivity index (χ4v) is 1.95. The van der Waals surface area contributed by atoms with Crippen LogP contribution in [0, 0.1) is 6.92 Å². The molecule has 0 bridgehead atoms. The number of benzene rings is 1. The van der Waals surface area contributed by atoms with Gasteiger partial charge in [0, 0.05) is 19.1 Å². The molecule has 2 rings (SSSR count). The van der Waals surface area contributed by atoms with Gasteiger partial charge < -0.3 is 15.7 Å². The Morgan fingerprint density at radius 1 is 1.53 bits per heavy atom. The predicted octanol–water partition coefficient (Wildman–Crippen LogP) is 1.26. The highest BCUT2D eigenvalue weighted by Gasteiger charge is 2.33. The molecule has 4 nitrogen and oxygen atoms in total. The third kappa shape index (κ3) is 2.58. The number of hydrogen-bond donors (Lipinski definition) is 2. The van der Waals surface area contributed by atoms with Gasteiger partial charge in [0.25, 0.3) is 5.91 Å². The molecule has 1 aromatic carbocycles. The van der Waals surface area contributed by atoms with Crippen molar-refractivity contribution in [1.29, 1.82) is 0 Å². The van der Waals surface area contributed by atoms with Gasteiger partial charge in [-0.15, -0.1) is 0 Å². The maximum absolute atomic E-state index is 12.3. The summed E-state index contributed by atoms with van der Waals surface area (Å²) in [5.74, 6) is -0.0672. The summed E-state index contributed by atoms with van der Waals surface area (Å²) in [5, 5.41) is 9.75. The molecule has 1 aromatic rings. The second kappa shape index (κ2) is 4.75. The highest BCUT2D eigenvalue weighted by Crippen LogP contribution is 2.29. The molecule has 0 radical (unpaired) electrons. The first-order valence-corrected chi connectivity index (χ1v) is 5.94. The number of phenols is 1. The Balaban J connectivity index is 2.24. The molecule has 0 unspecified atom stereocenters. The molecule has 1 fully saturated rings. The van der Waals surface area contributed by atoms with Crippen molar-refractivity contribution < 1.29 is 9.90 Å². The quantitative estimate of drug-likeness (QED) is 0.824. The van der Waals surface area contributed by atoms with E-state index in [1.807, 2.05) is 6.92 Å². The molecular formula is C13H18N2O2. The fourth-order valence-electron chi connectivity index (χ4n) is 1.95. The van der Waals surface area contributed by atoms with Gasteiger partial charge in [0.05, 0.1) is 5.56 Å². The zero-order valence-electron chi connectivity index (χ0n) is 10.0. The lowest BCUT2D eigenvalue weighted by molar-refractivity contribution is 0.0745. The molecule has 4 heteroatoms. The number of aromatic hydroxyl groups is 1. The van der Waals surface area contributed by atoms with Crippen molar-refractivity contribution in [2.45, 2.75) is 25.8 Å². The van der Waals surface area contributed by atoms with E-state index >= 15 is 0 Å². The van der Waals surface area contributed by atoms with Crippen LogP contribution in [0.3, 0.4) is 0 Å². The van der Waals surface area contributed by atoms with Crippen molar-refractivity contribution in [3.8, 4) is 5.75 Å². The Morgan fingerprint density at radius 3 is 2.82 bits per heavy atom. The highest BCUT2D eigenvalue weighted by molar-refractivity contribution is 5.97. The van der Waals surface area contributed by atoms with E-state index in [9.17, 15) is 9.90 Å². The minimum Gasteiger partial charge on any atom is -0.507 e. The van der Waals surface area contributed by atoms with E-state index in [0.717, 1.165) is 18.4 Å². The molecule has 1 saturated carbocycles. The van der Waals surface area contributed by atoms with Crippen molar-refractivity contribution >= 4 is 5.91 Å². The summed E-state index contributed by atoms with van der Waals surface area (Å²) in [4.78, 5) is 14.1. The number of hydrogen-bond acceptors (Lipinski definition) is 3. The van der Waals surface area contributed by atoms with E-state index in [2.05, 4.69) is 0 Å². The van der Waals surface area contributed by atoms with Gasteiger partial charge in [-0.25, -0.2) is 0 Å². The first kappa shape index (κ1) is 11.9. The number of nitrogens with zero attached hydrogens (tertiary/aromatic N) is 1. The number of rotatable bonds is 4. The van der Waals surface area contributed by atoms with Crippen LogP contribution in [0.1, 0.15) is 28.8 Å². The van der Waals surface area contributed by atoms with Crippen LogP contribution in [0.25, 0.3) is 0 Å². The number of carbonyl (C=O) groups excluding carboxylic acids is 1. The maximum Gasteiger partial charge on any atom is 0.257 e. The average molecular weight is 234 g/mol. The lowest BCUT2D eigenvalue weighted by Gasteiger charge is -2.22. The molecule has 0 aromatic heterocycles. The normalized spacial score (nSPS) is 14.7. The third-order valence-electron chi connectivity index (χ3n) is 3.00. The number of amides is 1. The van der Waals surface area contributed by atoms with Crippen LogP contribution >= 0.6 is 0 Å². The molecule has 1 aliphatic rings. The number of aryl methyl sites for hydroxylation is 1. The van der Waals surface area contributed by atoms with Gasteiger partial charge in [-0.2, -0.15) is 0 Å². The van der Waals surface area contributed by atoms with Gasteiger partial charge >= 0.3 is 0 Å². The molecule has 0 spiro atoms. The van der Waals surface area contributed by atoms with Crippen LogP contribution in [0.2, 0.25) is 0 Å². The Kier molecular flexibility index (Phi) is 3.33. The Bertz CT molecular complexity index is 427. The number of phenolic OH excluding ortho intramolecular Hbond substituents is 1. The minimum atomic E-state index is -0.112. The molecular weight excluding hydrogens is 216 g/mol. The van der Waals surface area contributed by atoms with Crippen molar-refractivity contribution in [2.75, 3.05) is 13.1 Å². The first-order chi connectivity index (χ1) is 8.13. The highest BCUT2D eigenvalue weighted by atomic mass is 16.3. The molecule has 92 valence electrons. The van der Waals surface area contributed by atoms with Crippen molar-refractivity contribution in [1.82, 2.24) is 4.90 Å². The van der Waals surface area contributed by atoms with Crippen molar-refractivity contribution in [3.63, 3.8) is 0 Å². The van der Waals surface area contributed by atoms with Gasteiger partial charge in [-0.05, 0) is 31.9 Å². The topological polar surface area (TPSA) is 66.6 Å². The van der Waals surface area contributed by atoms with E-state index in [1.165, 1.54) is 0 Å². The Labute approximate surface area is 101 Å². The SMILES string of the molecule is Cc1ccc(O)c(C(=O)N(CCN)C2CC2)c1. The van der Waals surface area contributed by atoms with Gasteiger partial charge in [0.2, 0.25) is 0 Å². The molecule has 1 aliphatic carbocycles. The summed E-state index contributed by atoms with van der Waals surface area (Å²) >= 11 is 0. The maximum atomic E-state index is 12.3. The van der Waals surface area contributed by atoms with Gasteiger partial charge in [-0.1, -0.05) is 11.6 Å². The standard InChI is InChI=1S/C13H18N2O2/c1-9-2-5-12(16)11(8-9)13(17)15(7-6-14)10-3-4-10/h2,5,8,10,16H,3-4,6-7,14H2,1H3. The molecule has 0 aliphatic heterocycles. The lowest BCUT2D eigenvalue weighted by atomic mass is 10.1. The zero-order valence-corrected chi connectivity index (χ0v) is 10.0. The van der Waals surface area contributed by atoms with E-state index in [1.54, 1.807) is 23.1 Å². The second-order valence-electron chi connectivity index (χ2n) is 4.54. The van der Waals surface area contributed by atoms with Crippen molar-refractivity contribution in [2.24, 2.45) is 5.73 Å². The summed E-state index contributed by atoms with van der Waals surface area (Å²) in [6.07, 6.45) is 2.08. The largest absolute Gasteiger partial charge is 0.507 e. The zero-order chi connectivity index (χ0) is 12.4. The van der Waals surface area contributed by atoms with Crippen LogP contribution in [-0.4, -0.2) is 35.0 Å². The summed E-state index contributed by atoms with van der Waals surface area (Å²) in [5.41, 5.74) is 6.87. The Morgan fingerprint density at radius 2 is 2.24 bits per heavy atom. The number of carbonyl (C=O) groups is 1.